The van der Waals surface area contributed by atoms with Gasteiger partial charge in [0, 0.05) is 31.0 Å². The van der Waals surface area contributed by atoms with Gasteiger partial charge in [-0.15, -0.1) is 0 Å². The Bertz CT molecular complexity index is 797. The normalized spacial score (nSPS) is 20.6. The van der Waals surface area contributed by atoms with Crippen LogP contribution < -0.4 is 16.0 Å². The van der Waals surface area contributed by atoms with E-state index in [-0.39, 0.29) is 11.8 Å². The molecule has 0 aromatic carbocycles. The Morgan fingerprint density at radius 2 is 2.16 bits per heavy atom. The van der Waals surface area contributed by atoms with Gasteiger partial charge in [0.2, 0.25) is 11.9 Å². The van der Waals surface area contributed by atoms with Gasteiger partial charge in [-0.1, -0.05) is 6.08 Å². The first-order chi connectivity index (χ1) is 12.2. The molecule has 4 rings (SSSR count). The van der Waals surface area contributed by atoms with Crippen molar-refractivity contribution < 1.29 is 13.9 Å². The molecule has 4 heterocycles. The number of amides is 1. The van der Waals surface area contributed by atoms with Crippen LogP contribution >= 0.6 is 0 Å². The van der Waals surface area contributed by atoms with E-state index < -0.39 is 0 Å². The zero-order valence-electron chi connectivity index (χ0n) is 13.6. The number of ether oxygens (including phenoxy) is 1. The number of carbonyl (C=O) groups excluding carboxylic acids is 1. The molecule has 0 aliphatic carbocycles. The fourth-order valence-corrected chi connectivity index (χ4v) is 3.09. The number of aromatic nitrogens is 2. The second-order valence-electron chi connectivity index (χ2n) is 6.00. The SMILES string of the molecule is Nc1nc(N2CCOCC2)nc2c1C(/C=C/c1ccco1)CC(=O)N2. The number of nitrogens with zero attached hydrogens (tertiary/aromatic N) is 3. The van der Waals surface area contributed by atoms with Gasteiger partial charge in [0.25, 0.3) is 0 Å². The van der Waals surface area contributed by atoms with Crippen molar-refractivity contribution in [1.29, 1.82) is 0 Å². The summed E-state index contributed by atoms with van der Waals surface area (Å²) in [6.07, 6.45) is 5.65. The minimum absolute atomic E-state index is 0.0902. The van der Waals surface area contributed by atoms with Gasteiger partial charge in [-0.2, -0.15) is 9.97 Å². The summed E-state index contributed by atoms with van der Waals surface area (Å²) >= 11 is 0. The number of nitrogens with one attached hydrogen (secondary N) is 1. The molecule has 2 aliphatic heterocycles. The average molecular weight is 341 g/mol. The lowest BCUT2D eigenvalue weighted by Gasteiger charge is -2.29. The zero-order chi connectivity index (χ0) is 17.2. The molecular weight excluding hydrogens is 322 g/mol. The second-order valence-corrected chi connectivity index (χ2v) is 6.00. The monoisotopic (exact) mass is 341 g/mol. The van der Waals surface area contributed by atoms with Crippen LogP contribution in [0.1, 0.15) is 23.7 Å². The third-order valence-electron chi connectivity index (χ3n) is 4.33. The highest BCUT2D eigenvalue weighted by Crippen LogP contribution is 2.37. The number of rotatable bonds is 3. The van der Waals surface area contributed by atoms with Crippen LogP contribution in [-0.2, 0) is 9.53 Å². The minimum Gasteiger partial charge on any atom is -0.465 e. The van der Waals surface area contributed by atoms with Crippen molar-refractivity contribution in [3.05, 3.63) is 35.8 Å². The van der Waals surface area contributed by atoms with E-state index >= 15 is 0 Å². The quantitative estimate of drug-likeness (QED) is 0.874. The Labute approximate surface area is 144 Å². The van der Waals surface area contributed by atoms with Gasteiger partial charge in [-0.05, 0) is 18.2 Å². The van der Waals surface area contributed by atoms with Gasteiger partial charge in [0.05, 0.1) is 19.5 Å². The Kier molecular flexibility index (Phi) is 4.10. The van der Waals surface area contributed by atoms with E-state index in [0.29, 0.717) is 50.3 Å². The molecule has 1 fully saturated rings. The largest absolute Gasteiger partial charge is 0.465 e. The molecule has 2 aromatic rings. The standard InChI is InChI=1S/C17H19N5O3/c18-15-14-11(3-4-12-2-1-7-25-12)10-13(23)19-16(14)21-17(20-15)22-5-8-24-9-6-22/h1-4,7,11H,5-6,8-10H2,(H3,18,19,20,21,23)/b4-3+. The van der Waals surface area contributed by atoms with Crippen molar-refractivity contribution in [3.8, 4) is 0 Å². The van der Waals surface area contributed by atoms with Crippen molar-refractivity contribution in [1.82, 2.24) is 9.97 Å². The number of furan rings is 1. The maximum Gasteiger partial charge on any atom is 0.229 e. The van der Waals surface area contributed by atoms with Crippen molar-refractivity contribution in [2.45, 2.75) is 12.3 Å². The lowest BCUT2D eigenvalue weighted by molar-refractivity contribution is -0.116. The maximum absolute atomic E-state index is 12.1. The van der Waals surface area contributed by atoms with Crippen molar-refractivity contribution in [2.75, 3.05) is 42.3 Å². The molecule has 0 spiro atoms. The van der Waals surface area contributed by atoms with Gasteiger partial charge < -0.3 is 25.1 Å². The van der Waals surface area contributed by atoms with Crippen LogP contribution in [0.3, 0.4) is 0 Å². The first kappa shape index (κ1) is 15.6. The summed E-state index contributed by atoms with van der Waals surface area (Å²) in [6, 6.07) is 3.66. The van der Waals surface area contributed by atoms with Crippen LogP contribution in [0.15, 0.2) is 28.9 Å². The summed E-state index contributed by atoms with van der Waals surface area (Å²) < 4.78 is 10.6. The molecule has 0 bridgehead atoms. The van der Waals surface area contributed by atoms with E-state index in [1.165, 1.54) is 0 Å². The lowest BCUT2D eigenvalue weighted by Crippen LogP contribution is -2.38. The van der Waals surface area contributed by atoms with E-state index in [0.717, 1.165) is 11.3 Å². The summed E-state index contributed by atoms with van der Waals surface area (Å²) in [7, 11) is 0. The van der Waals surface area contributed by atoms with Crippen LogP contribution in [0.4, 0.5) is 17.6 Å². The Balaban J connectivity index is 1.67. The molecule has 130 valence electrons. The molecule has 0 radical (unpaired) electrons. The molecule has 1 atom stereocenters. The molecule has 0 saturated carbocycles. The molecule has 1 saturated heterocycles. The summed E-state index contributed by atoms with van der Waals surface area (Å²) in [6.45, 7) is 2.66. The predicted octanol–water partition coefficient (Wildman–Crippen LogP) is 1.63. The molecule has 2 aromatic heterocycles. The van der Waals surface area contributed by atoms with Crippen molar-refractivity contribution in [3.63, 3.8) is 0 Å². The smallest absolute Gasteiger partial charge is 0.229 e. The van der Waals surface area contributed by atoms with E-state index in [4.69, 9.17) is 14.9 Å². The number of nitrogen functional groups attached to an aromatic ring is 1. The number of hydrogen-bond acceptors (Lipinski definition) is 7. The topological polar surface area (TPSA) is 107 Å². The summed E-state index contributed by atoms with van der Waals surface area (Å²) in [4.78, 5) is 23.1. The molecule has 3 N–H and O–H groups in total. The van der Waals surface area contributed by atoms with Gasteiger partial charge in [0.15, 0.2) is 0 Å². The molecule has 2 aliphatic rings. The first-order valence-corrected chi connectivity index (χ1v) is 8.22. The maximum atomic E-state index is 12.1. The van der Waals surface area contributed by atoms with Crippen molar-refractivity contribution in [2.24, 2.45) is 0 Å². The number of carbonyl (C=O) groups is 1. The van der Waals surface area contributed by atoms with Gasteiger partial charge in [0.1, 0.15) is 17.4 Å². The lowest BCUT2D eigenvalue weighted by atomic mass is 9.92. The number of morpholine rings is 1. The van der Waals surface area contributed by atoms with Crippen LogP contribution in [-0.4, -0.2) is 42.2 Å². The fraction of sp³-hybridized carbons (Fsp3) is 0.353. The summed E-state index contributed by atoms with van der Waals surface area (Å²) in [5.74, 6) is 1.84. The van der Waals surface area contributed by atoms with E-state index in [1.807, 2.05) is 29.2 Å². The van der Waals surface area contributed by atoms with E-state index in [1.54, 1.807) is 6.26 Å². The third kappa shape index (κ3) is 3.20. The second kappa shape index (κ2) is 6.56. The number of anilines is 3. The molecule has 25 heavy (non-hydrogen) atoms. The zero-order valence-corrected chi connectivity index (χ0v) is 13.6. The minimum atomic E-state index is -0.187. The third-order valence-corrected chi connectivity index (χ3v) is 4.33. The molecule has 8 heteroatoms. The molecule has 1 amide bonds. The van der Waals surface area contributed by atoms with E-state index in [9.17, 15) is 4.79 Å². The van der Waals surface area contributed by atoms with Crippen LogP contribution in [0.5, 0.6) is 0 Å². The number of nitrogens with two attached hydrogens (primary N) is 1. The van der Waals surface area contributed by atoms with Crippen LogP contribution in [0.2, 0.25) is 0 Å². The highest BCUT2D eigenvalue weighted by Gasteiger charge is 2.29. The highest BCUT2D eigenvalue weighted by atomic mass is 16.5. The summed E-state index contributed by atoms with van der Waals surface area (Å²) in [5.41, 5.74) is 6.97. The molecule has 1 unspecified atom stereocenters. The number of allylic oxidation sites excluding steroid dienone is 1. The van der Waals surface area contributed by atoms with Gasteiger partial charge in [-0.25, -0.2) is 0 Å². The average Bonchev–Trinajstić information content (AvgIpc) is 3.13. The molecule has 8 nitrogen and oxygen atoms in total. The summed E-state index contributed by atoms with van der Waals surface area (Å²) in [5, 5.41) is 2.82. The Morgan fingerprint density at radius 3 is 2.92 bits per heavy atom. The Hall–Kier alpha value is -2.87. The predicted molar refractivity (Wildman–Crippen MR) is 93.2 cm³/mol. The number of hydrogen-bond donors (Lipinski definition) is 2. The highest BCUT2D eigenvalue weighted by molar-refractivity contribution is 5.95. The van der Waals surface area contributed by atoms with E-state index in [2.05, 4.69) is 15.3 Å². The van der Waals surface area contributed by atoms with Crippen LogP contribution in [0, 0.1) is 0 Å². The molecular formula is C17H19N5O3. The van der Waals surface area contributed by atoms with Crippen LogP contribution in [0.25, 0.3) is 6.08 Å². The van der Waals surface area contributed by atoms with Gasteiger partial charge >= 0.3 is 0 Å². The Morgan fingerprint density at radius 1 is 1.32 bits per heavy atom. The fourth-order valence-electron chi connectivity index (χ4n) is 3.09. The first-order valence-electron chi connectivity index (χ1n) is 8.22. The van der Waals surface area contributed by atoms with Crippen molar-refractivity contribution >= 4 is 29.6 Å². The van der Waals surface area contributed by atoms with Gasteiger partial charge in [-0.3, -0.25) is 4.79 Å². The number of fused-ring (bicyclic) bond motifs is 1.